The first-order valence-corrected chi connectivity index (χ1v) is 10.7. The lowest BCUT2D eigenvalue weighted by atomic mass is 10.1. The van der Waals surface area contributed by atoms with E-state index in [0.717, 1.165) is 26.7 Å². The molecule has 4 aromatic rings. The minimum Gasteiger partial charge on any atom is -0.495 e. The van der Waals surface area contributed by atoms with Crippen LogP contribution in [0.1, 0.15) is 25.6 Å². The van der Waals surface area contributed by atoms with E-state index in [-0.39, 0.29) is 0 Å². The molecule has 0 aliphatic rings. The van der Waals surface area contributed by atoms with Gasteiger partial charge >= 0.3 is 6.09 Å². The summed E-state index contributed by atoms with van der Waals surface area (Å²) in [4.78, 5) is 22.0. The highest BCUT2D eigenvalue weighted by Gasteiger charge is 2.21. The quantitative estimate of drug-likeness (QED) is 0.458. The van der Waals surface area contributed by atoms with Crippen LogP contribution in [-0.4, -0.2) is 38.4 Å². The minimum atomic E-state index is -0.606. The SMILES string of the molecule is COc1cc(-c2cc(-c3ncc(C)s3)n3ncnc(N)c23)ccc1NC(=O)OC(C)(C)C. The van der Waals surface area contributed by atoms with Crippen molar-refractivity contribution in [1.29, 1.82) is 0 Å². The predicted molar refractivity (Wildman–Crippen MR) is 125 cm³/mol. The summed E-state index contributed by atoms with van der Waals surface area (Å²) in [5.41, 5.74) is 9.25. The van der Waals surface area contributed by atoms with Gasteiger partial charge in [0, 0.05) is 16.6 Å². The topological polar surface area (TPSA) is 117 Å². The van der Waals surface area contributed by atoms with Crippen molar-refractivity contribution in [3.8, 4) is 27.6 Å². The summed E-state index contributed by atoms with van der Waals surface area (Å²) in [6, 6.07) is 7.43. The molecule has 10 heteroatoms. The summed E-state index contributed by atoms with van der Waals surface area (Å²) in [5, 5.41) is 7.96. The lowest BCUT2D eigenvalue weighted by molar-refractivity contribution is 0.0635. The Morgan fingerprint density at radius 2 is 2.00 bits per heavy atom. The molecule has 0 saturated carbocycles. The van der Waals surface area contributed by atoms with Crippen LogP contribution in [-0.2, 0) is 4.74 Å². The largest absolute Gasteiger partial charge is 0.495 e. The van der Waals surface area contributed by atoms with Gasteiger partial charge in [-0.2, -0.15) is 5.10 Å². The Morgan fingerprint density at radius 1 is 1.22 bits per heavy atom. The Labute approximate surface area is 189 Å². The van der Waals surface area contributed by atoms with Gasteiger partial charge in [-0.15, -0.1) is 11.3 Å². The van der Waals surface area contributed by atoms with Crippen LogP contribution in [0.3, 0.4) is 0 Å². The summed E-state index contributed by atoms with van der Waals surface area (Å²) in [7, 11) is 1.54. The number of nitrogen functional groups attached to an aromatic ring is 1. The Balaban J connectivity index is 1.78. The van der Waals surface area contributed by atoms with Gasteiger partial charge in [-0.05, 0) is 51.5 Å². The van der Waals surface area contributed by atoms with Gasteiger partial charge in [0.15, 0.2) is 5.82 Å². The van der Waals surface area contributed by atoms with Crippen molar-refractivity contribution in [2.24, 2.45) is 0 Å². The molecule has 3 heterocycles. The van der Waals surface area contributed by atoms with E-state index in [1.807, 2.05) is 31.3 Å². The second kappa shape index (κ2) is 8.12. The van der Waals surface area contributed by atoms with E-state index in [1.165, 1.54) is 6.33 Å². The molecule has 1 amide bonds. The van der Waals surface area contributed by atoms with Gasteiger partial charge in [0.1, 0.15) is 33.9 Å². The van der Waals surface area contributed by atoms with Gasteiger partial charge < -0.3 is 15.2 Å². The number of carbonyl (C=O) groups is 1. The number of aromatic nitrogens is 4. The maximum absolute atomic E-state index is 12.2. The Hall–Kier alpha value is -3.66. The number of anilines is 2. The predicted octanol–water partition coefficient (Wildman–Crippen LogP) is 4.77. The number of methoxy groups -OCH3 is 1. The average molecular weight is 453 g/mol. The monoisotopic (exact) mass is 452 g/mol. The van der Waals surface area contributed by atoms with Gasteiger partial charge in [0.05, 0.1) is 12.8 Å². The van der Waals surface area contributed by atoms with Crippen molar-refractivity contribution in [1.82, 2.24) is 19.6 Å². The lowest BCUT2D eigenvalue weighted by Crippen LogP contribution is -2.27. The molecule has 0 saturated heterocycles. The first-order valence-electron chi connectivity index (χ1n) is 9.89. The van der Waals surface area contributed by atoms with Crippen LogP contribution in [0.2, 0.25) is 0 Å². The fraction of sp³-hybridized carbons (Fsp3) is 0.273. The van der Waals surface area contributed by atoms with E-state index in [1.54, 1.807) is 49.8 Å². The molecule has 3 N–H and O–H groups in total. The Bertz CT molecular complexity index is 1300. The van der Waals surface area contributed by atoms with E-state index in [4.69, 9.17) is 15.2 Å². The Kier molecular flexibility index (Phi) is 5.47. The van der Waals surface area contributed by atoms with Crippen molar-refractivity contribution in [2.75, 3.05) is 18.2 Å². The van der Waals surface area contributed by atoms with Gasteiger partial charge in [0.25, 0.3) is 0 Å². The number of benzene rings is 1. The molecule has 0 atom stereocenters. The summed E-state index contributed by atoms with van der Waals surface area (Å²) in [5.74, 6) is 0.833. The number of nitrogens with zero attached hydrogens (tertiary/aromatic N) is 4. The smallest absolute Gasteiger partial charge is 0.412 e. The minimum absolute atomic E-state index is 0.351. The molecule has 0 aliphatic carbocycles. The maximum atomic E-state index is 12.2. The molecule has 3 aromatic heterocycles. The zero-order valence-corrected chi connectivity index (χ0v) is 19.3. The molecule has 32 heavy (non-hydrogen) atoms. The zero-order valence-electron chi connectivity index (χ0n) is 18.5. The van der Waals surface area contributed by atoms with Crippen LogP contribution in [0.25, 0.3) is 27.3 Å². The molecule has 4 rings (SSSR count). The van der Waals surface area contributed by atoms with Crippen molar-refractivity contribution in [3.05, 3.63) is 41.7 Å². The number of carbonyl (C=O) groups excluding carboxylic acids is 1. The number of aryl methyl sites for hydroxylation is 1. The molecular weight excluding hydrogens is 428 g/mol. The fourth-order valence-corrected chi connectivity index (χ4v) is 4.05. The molecule has 0 aliphatic heterocycles. The van der Waals surface area contributed by atoms with E-state index in [2.05, 4.69) is 20.4 Å². The molecule has 0 spiro atoms. The fourth-order valence-electron chi connectivity index (χ4n) is 3.29. The van der Waals surface area contributed by atoms with E-state index < -0.39 is 11.7 Å². The average Bonchev–Trinajstić information content (AvgIpc) is 3.31. The second-order valence-corrected chi connectivity index (χ2v) is 9.40. The van der Waals surface area contributed by atoms with Gasteiger partial charge in [-0.3, -0.25) is 5.32 Å². The third kappa shape index (κ3) is 4.22. The number of rotatable bonds is 4. The van der Waals surface area contributed by atoms with Gasteiger partial charge in [-0.25, -0.2) is 19.3 Å². The van der Waals surface area contributed by atoms with Crippen LogP contribution in [0.15, 0.2) is 36.8 Å². The lowest BCUT2D eigenvalue weighted by Gasteiger charge is -2.20. The van der Waals surface area contributed by atoms with Crippen LogP contribution in [0.5, 0.6) is 5.75 Å². The van der Waals surface area contributed by atoms with Crippen molar-refractivity contribution >= 4 is 34.5 Å². The van der Waals surface area contributed by atoms with Crippen LogP contribution in [0, 0.1) is 6.92 Å². The molecule has 1 aromatic carbocycles. The number of fused-ring (bicyclic) bond motifs is 1. The second-order valence-electron chi connectivity index (χ2n) is 8.17. The van der Waals surface area contributed by atoms with Gasteiger partial charge in [-0.1, -0.05) is 6.07 Å². The van der Waals surface area contributed by atoms with Crippen LogP contribution < -0.4 is 15.8 Å². The summed E-state index contributed by atoms with van der Waals surface area (Å²) < 4.78 is 12.6. The standard InChI is InChI=1S/C22H24N6O3S/c1-12-10-24-20(32-12)16-9-14(18-19(23)25-11-26-28(16)18)13-6-7-15(17(8-13)30-5)27-21(29)31-22(2,3)4/h6-11H,1-5H3,(H,27,29)(H2,23,25,26). The van der Waals surface area contributed by atoms with Gasteiger partial charge in [0.2, 0.25) is 0 Å². The highest BCUT2D eigenvalue weighted by Crippen LogP contribution is 2.38. The molecule has 0 unspecified atom stereocenters. The summed E-state index contributed by atoms with van der Waals surface area (Å²) in [6.45, 7) is 7.42. The zero-order chi connectivity index (χ0) is 23.0. The molecular formula is C22H24N6O3S. The van der Waals surface area contributed by atoms with E-state index >= 15 is 0 Å². The van der Waals surface area contributed by atoms with Crippen molar-refractivity contribution in [3.63, 3.8) is 0 Å². The van der Waals surface area contributed by atoms with Crippen molar-refractivity contribution < 1.29 is 14.3 Å². The third-order valence-corrected chi connectivity index (χ3v) is 5.51. The highest BCUT2D eigenvalue weighted by atomic mass is 32.1. The molecule has 166 valence electrons. The van der Waals surface area contributed by atoms with Crippen LogP contribution >= 0.6 is 11.3 Å². The molecule has 9 nitrogen and oxygen atoms in total. The first-order chi connectivity index (χ1) is 15.2. The number of hydrogen-bond acceptors (Lipinski definition) is 8. The van der Waals surface area contributed by atoms with E-state index in [0.29, 0.717) is 22.8 Å². The van der Waals surface area contributed by atoms with Crippen LogP contribution in [0.4, 0.5) is 16.3 Å². The molecule has 0 fully saturated rings. The number of ether oxygens (including phenoxy) is 2. The van der Waals surface area contributed by atoms with Crippen molar-refractivity contribution in [2.45, 2.75) is 33.3 Å². The number of thiazole rings is 1. The summed E-state index contributed by atoms with van der Waals surface area (Å²) in [6.07, 6.45) is 2.69. The maximum Gasteiger partial charge on any atom is 0.412 e. The summed E-state index contributed by atoms with van der Waals surface area (Å²) >= 11 is 1.57. The first kappa shape index (κ1) is 21.6. The number of nitrogens with one attached hydrogen (secondary N) is 1. The third-order valence-electron chi connectivity index (χ3n) is 4.57. The highest BCUT2D eigenvalue weighted by molar-refractivity contribution is 7.14. The number of amides is 1. The van der Waals surface area contributed by atoms with E-state index in [9.17, 15) is 4.79 Å². The normalized spacial score (nSPS) is 11.5. The molecule has 0 radical (unpaired) electrons. The number of hydrogen-bond donors (Lipinski definition) is 2. The Morgan fingerprint density at radius 3 is 2.66 bits per heavy atom. The molecule has 0 bridgehead atoms. The number of nitrogens with two attached hydrogens (primary N) is 1.